The summed E-state index contributed by atoms with van der Waals surface area (Å²) < 4.78 is 2.05. The minimum absolute atomic E-state index is 0.482. The smallest absolute Gasteiger partial charge is 0.229 e. The maximum Gasteiger partial charge on any atom is 0.229 e. The number of imidazole rings is 1. The van der Waals surface area contributed by atoms with Crippen LogP contribution in [0, 0.1) is 0 Å². The van der Waals surface area contributed by atoms with Crippen molar-refractivity contribution in [1.29, 1.82) is 0 Å². The first-order valence-electron chi connectivity index (χ1n) is 13.2. The topological polar surface area (TPSA) is 78.2 Å². The molecule has 1 N–H and O–H groups in total. The molecular weight excluding hydrogens is 462 g/mol. The van der Waals surface area contributed by atoms with E-state index < -0.39 is 0 Å². The fraction of sp³-hybridized carbons (Fsp3) is 0.429. The summed E-state index contributed by atoms with van der Waals surface area (Å²) >= 11 is 0. The van der Waals surface area contributed by atoms with Crippen LogP contribution in [0.15, 0.2) is 61.1 Å². The van der Waals surface area contributed by atoms with Crippen LogP contribution >= 0.6 is 0 Å². The van der Waals surface area contributed by atoms with Gasteiger partial charge in [0.15, 0.2) is 17.0 Å². The van der Waals surface area contributed by atoms with Gasteiger partial charge in [-0.2, -0.15) is 9.97 Å². The van der Waals surface area contributed by atoms with Crippen LogP contribution in [0.4, 0.5) is 17.6 Å². The van der Waals surface area contributed by atoms with Crippen molar-refractivity contribution in [1.82, 2.24) is 29.4 Å². The summed E-state index contributed by atoms with van der Waals surface area (Å²) in [5.41, 5.74) is 2.64. The number of benzene rings is 1. The molecule has 0 unspecified atom stereocenters. The van der Waals surface area contributed by atoms with E-state index in [9.17, 15) is 0 Å². The van der Waals surface area contributed by atoms with E-state index >= 15 is 0 Å². The van der Waals surface area contributed by atoms with Gasteiger partial charge in [-0.1, -0.05) is 24.3 Å². The molecule has 1 aliphatic heterocycles. The average Bonchev–Trinajstić information content (AvgIpc) is 3.36. The van der Waals surface area contributed by atoms with Crippen molar-refractivity contribution < 1.29 is 0 Å². The lowest BCUT2D eigenvalue weighted by molar-refractivity contribution is 0.182. The average molecular weight is 500 g/mol. The quantitative estimate of drug-likeness (QED) is 0.369. The molecule has 4 heterocycles. The highest BCUT2D eigenvalue weighted by atomic mass is 15.3. The Hall–Kier alpha value is -3.72. The summed E-state index contributed by atoms with van der Waals surface area (Å²) in [4.78, 5) is 26.3. The van der Waals surface area contributed by atoms with Crippen LogP contribution in [0.1, 0.15) is 27.7 Å². The Morgan fingerprint density at radius 1 is 0.838 bits per heavy atom. The third-order valence-electron chi connectivity index (χ3n) is 6.94. The Bertz CT molecular complexity index is 1270. The normalized spacial score (nSPS) is 14.4. The summed E-state index contributed by atoms with van der Waals surface area (Å²) in [6.45, 7) is 14.1. The number of hydrogen-bond acceptors (Lipinski definition) is 8. The van der Waals surface area contributed by atoms with Gasteiger partial charge in [-0.15, -0.1) is 0 Å². The SMILES string of the molecule is CC(C)N(CCNc1nc(N2CCN(c3ccccn3)CC2)nc2c1ncn2-c1ccccc1)C(C)C. The van der Waals surface area contributed by atoms with Gasteiger partial charge in [0.2, 0.25) is 5.95 Å². The molecule has 194 valence electrons. The first-order chi connectivity index (χ1) is 18.0. The summed E-state index contributed by atoms with van der Waals surface area (Å²) in [5.74, 6) is 2.54. The maximum absolute atomic E-state index is 5.02. The molecule has 9 nitrogen and oxygen atoms in total. The maximum atomic E-state index is 5.02. The van der Waals surface area contributed by atoms with E-state index in [0.29, 0.717) is 12.1 Å². The number of rotatable bonds is 9. The standard InChI is InChI=1S/C28H37N9/c1-21(2)36(22(3)4)15-14-30-26-25-27(37(20-31-25)23-10-6-5-7-11-23)33-28(32-26)35-18-16-34(17-19-35)24-12-8-9-13-29-24/h5-13,20-22H,14-19H2,1-4H3,(H,30,32,33). The van der Waals surface area contributed by atoms with Gasteiger partial charge in [0.25, 0.3) is 0 Å². The molecule has 0 amide bonds. The number of nitrogens with one attached hydrogen (secondary N) is 1. The summed E-state index contributed by atoms with van der Waals surface area (Å²) in [6, 6.07) is 17.3. The number of para-hydroxylation sites is 1. The first kappa shape index (κ1) is 25.0. The van der Waals surface area contributed by atoms with E-state index in [1.54, 1.807) is 0 Å². The number of fused-ring (bicyclic) bond motifs is 1. The second-order valence-corrected chi connectivity index (χ2v) is 10.0. The molecule has 0 aliphatic carbocycles. The van der Waals surface area contributed by atoms with Crippen molar-refractivity contribution in [2.24, 2.45) is 0 Å². The van der Waals surface area contributed by atoms with E-state index in [-0.39, 0.29) is 0 Å². The van der Waals surface area contributed by atoms with Crippen LogP contribution < -0.4 is 15.1 Å². The molecule has 1 fully saturated rings. The highest BCUT2D eigenvalue weighted by molar-refractivity contribution is 5.85. The fourth-order valence-corrected chi connectivity index (χ4v) is 5.02. The van der Waals surface area contributed by atoms with E-state index in [1.165, 1.54) is 0 Å². The second-order valence-electron chi connectivity index (χ2n) is 10.0. The summed E-state index contributed by atoms with van der Waals surface area (Å²) in [6.07, 6.45) is 3.69. The van der Waals surface area contributed by atoms with Crippen LogP contribution in [0.5, 0.6) is 0 Å². The third kappa shape index (κ3) is 5.51. The Morgan fingerprint density at radius 2 is 1.54 bits per heavy atom. The van der Waals surface area contributed by atoms with Crippen LogP contribution in [0.3, 0.4) is 0 Å². The molecule has 1 aromatic carbocycles. The second kappa shape index (κ2) is 11.1. The van der Waals surface area contributed by atoms with E-state index in [0.717, 1.165) is 73.7 Å². The Kier molecular flexibility index (Phi) is 7.50. The van der Waals surface area contributed by atoms with Gasteiger partial charge in [0, 0.05) is 63.2 Å². The van der Waals surface area contributed by atoms with Crippen molar-refractivity contribution in [3.63, 3.8) is 0 Å². The van der Waals surface area contributed by atoms with Crippen molar-refractivity contribution in [3.05, 3.63) is 61.1 Å². The molecule has 5 rings (SSSR count). The monoisotopic (exact) mass is 499 g/mol. The van der Waals surface area contributed by atoms with Crippen molar-refractivity contribution >= 4 is 28.7 Å². The van der Waals surface area contributed by atoms with Crippen molar-refractivity contribution in [2.45, 2.75) is 39.8 Å². The minimum Gasteiger partial charge on any atom is -0.367 e. The minimum atomic E-state index is 0.482. The Labute approximate surface area is 219 Å². The van der Waals surface area contributed by atoms with Crippen molar-refractivity contribution in [2.75, 3.05) is 54.4 Å². The van der Waals surface area contributed by atoms with E-state index in [1.807, 2.05) is 47.4 Å². The van der Waals surface area contributed by atoms with E-state index in [2.05, 4.69) is 70.9 Å². The highest BCUT2D eigenvalue weighted by Gasteiger charge is 2.23. The molecule has 1 aliphatic rings. The molecule has 9 heteroatoms. The zero-order chi connectivity index (χ0) is 25.8. The molecule has 0 radical (unpaired) electrons. The van der Waals surface area contributed by atoms with Gasteiger partial charge in [0.05, 0.1) is 0 Å². The summed E-state index contributed by atoms with van der Waals surface area (Å²) in [7, 11) is 0. The highest BCUT2D eigenvalue weighted by Crippen LogP contribution is 2.26. The van der Waals surface area contributed by atoms with Gasteiger partial charge < -0.3 is 15.1 Å². The van der Waals surface area contributed by atoms with Crippen molar-refractivity contribution in [3.8, 4) is 5.69 Å². The Morgan fingerprint density at radius 3 is 2.22 bits per heavy atom. The van der Waals surface area contributed by atoms with Gasteiger partial charge >= 0.3 is 0 Å². The fourth-order valence-electron chi connectivity index (χ4n) is 5.02. The number of aromatic nitrogens is 5. The number of piperazine rings is 1. The number of nitrogens with zero attached hydrogens (tertiary/aromatic N) is 8. The van der Waals surface area contributed by atoms with Crippen LogP contribution in [-0.2, 0) is 0 Å². The van der Waals surface area contributed by atoms with E-state index in [4.69, 9.17) is 15.0 Å². The number of pyridine rings is 1. The van der Waals surface area contributed by atoms with Crippen LogP contribution in [0.2, 0.25) is 0 Å². The van der Waals surface area contributed by atoms with Gasteiger partial charge in [-0.3, -0.25) is 9.47 Å². The lowest BCUT2D eigenvalue weighted by Crippen LogP contribution is -2.47. The third-order valence-corrected chi connectivity index (χ3v) is 6.94. The molecule has 37 heavy (non-hydrogen) atoms. The number of anilines is 3. The summed E-state index contributed by atoms with van der Waals surface area (Å²) in [5, 5.41) is 3.59. The zero-order valence-corrected chi connectivity index (χ0v) is 22.2. The molecule has 0 saturated carbocycles. The number of hydrogen-bond donors (Lipinski definition) is 1. The van der Waals surface area contributed by atoms with Crippen LogP contribution in [0.25, 0.3) is 16.9 Å². The largest absolute Gasteiger partial charge is 0.367 e. The van der Waals surface area contributed by atoms with Crippen LogP contribution in [-0.4, -0.2) is 80.8 Å². The van der Waals surface area contributed by atoms with Gasteiger partial charge in [-0.25, -0.2) is 9.97 Å². The predicted molar refractivity (Wildman–Crippen MR) is 151 cm³/mol. The van der Waals surface area contributed by atoms with Gasteiger partial charge in [-0.05, 0) is 52.0 Å². The molecule has 3 aromatic heterocycles. The van der Waals surface area contributed by atoms with Gasteiger partial charge in [0.1, 0.15) is 12.1 Å². The Balaban J connectivity index is 1.42. The molecule has 0 spiro atoms. The molecule has 0 atom stereocenters. The predicted octanol–water partition coefficient (Wildman–Crippen LogP) is 4.07. The lowest BCUT2D eigenvalue weighted by Gasteiger charge is -2.35. The molecular formula is C28H37N9. The zero-order valence-electron chi connectivity index (χ0n) is 22.2. The molecule has 0 bridgehead atoms. The first-order valence-corrected chi connectivity index (χ1v) is 13.2. The molecule has 4 aromatic rings. The molecule has 1 saturated heterocycles. The lowest BCUT2D eigenvalue weighted by atomic mass is 10.2.